The van der Waals surface area contributed by atoms with Crippen LogP contribution in [-0.2, 0) is 16.1 Å². The molecule has 8 nitrogen and oxygen atoms in total. The summed E-state index contributed by atoms with van der Waals surface area (Å²) in [5, 5.41) is 19.8. The molecule has 2 amide bonds. The molecule has 4 rings (SSSR count). The molecular formula is C21H28N4O4. The van der Waals surface area contributed by atoms with Gasteiger partial charge in [0.05, 0.1) is 17.5 Å². The van der Waals surface area contributed by atoms with Gasteiger partial charge in [0.25, 0.3) is 5.91 Å². The van der Waals surface area contributed by atoms with Gasteiger partial charge in [0.1, 0.15) is 0 Å². The number of carbonyl (C=O) groups is 3. The number of anilines is 1. The lowest BCUT2D eigenvalue weighted by molar-refractivity contribution is -0.146. The van der Waals surface area contributed by atoms with E-state index in [4.69, 9.17) is 0 Å². The summed E-state index contributed by atoms with van der Waals surface area (Å²) in [6.45, 7) is 2.47. The summed E-state index contributed by atoms with van der Waals surface area (Å²) in [6, 6.07) is 0.138. The molecule has 0 spiro atoms. The van der Waals surface area contributed by atoms with Gasteiger partial charge < -0.3 is 15.7 Å². The van der Waals surface area contributed by atoms with Gasteiger partial charge in [0.15, 0.2) is 5.69 Å². The molecule has 1 aromatic rings. The van der Waals surface area contributed by atoms with Crippen LogP contribution in [0.25, 0.3) is 0 Å². The summed E-state index contributed by atoms with van der Waals surface area (Å²) in [5.74, 6) is -3.09. The number of hydrogen-bond acceptors (Lipinski definition) is 4. The number of carbonyl (C=O) groups excluding carboxylic acids is 2. The highest BCUT2D eigenvalue weighted by Gasteiger charge is 2.51. The van der Waals surface area contributed by atoms with Crippen LogP contribution in [0.1, 0.15) is 55.9 Å². The van der Waals surface area contributed by atoms with E-state index in [0.717, 1.165) is 25.7 Å². The van der Waals surface area contributed by atoms with E-state index in [0.29, 0.717) is 18.7 Å². The Morgan fingerprint density at radius 1 is 1.14 bits per heavy atom. The number of fused-ring (bicyclic) bond motifs is 2. The number of nitrogens with zero attached hydrogens (tertiary/aromatic N) is 2. The van der Waals surface area contributed by atoms with E-state index in [1.807, 2.05) is 19.1 Å². The Labute approximate surface area is 169 Å². The number of allylic oxidation sites excluding steroid dienone is 2. The molecule has 1 aromatic heterocycles. The van der Waals surface area contributed by atoms with Crippen molar-refractivity contribution in [1.82, 2.24) is 15.1 Å². The van der Waals surface area contributed by atoms with Crippen molar-refractivity contribution >= 4 is 23.5 Å². The van der Waals surface area contributed by atoms with Gasteiger partial charge in [0, 0.05) is 18.8 Å². The number of aromatic nitrogens is 2. The molecule has 3 aliphatic carbocycles. The largest absolute Gasteiger partial charge is 0.481 e. The van der Waals surface area contributed by atoms with Crippen molar-refractivity contribution in [3.05, 3.63) is 24.0 Å². The third-order valence-corrected chi connectivity index (χ3v) is 6.55. The lowest BCUT2D eigenvalue weighted by Crippen LogP contribution is -2.38. The van der Waals surface area contributed by atoms with Gasteiger partial charge in [-0.25, -0.2) is 0 Å². The van der Waals surface area contributed by atoms with Gasteiger partial charge >= 0.3 is 5.97 Å². The molecule has 0 saturated heterocycles. The molecule has 156 valence electrons. The normalized spacial score (nSPS) is 28.4. The Bertz CT molecular complexity index is 840. The highest BCUT2D eigenvalue weighted by molar-refractivity contribution is 6.03. The second-order valence-electron chi connectivity index (χ2n) is 8.38. The van der Waals surface area contributed by atoms with Crippen molar-refractivity contribution in [2.45, 2.75) is 58.0 Å². The predicted octanol–water partition coefficient (Wildman–Crippen LogP) is 2.43. The van der Waals surface area contributed by atoms with E-state index in [2.05, 4.69) is 15.7 Å². The SMILES string of the molecule is CCn1cc(NC(=O)[C@@H]2[C@@H](C(=O)O)[C@H]3C=C[C@@H]2C3)c(C(=O)NC2CCCCC2)n1. The first-order valence-corrected chi connectivity index (χ1v) is 10.6. The average Bonchev–Trinajstić information content (AvgIpc) is 3.42. The molecule has 3 N–H and O–H groups in total. The number of amides is 2. The standard InChI is InChI=1S/C21H28N4O4/c1-2-25-11-15(18(24-25)20(27)22-14-6-4-3-5-7-14)23-19(26)16-12-8-9-13(10-12)17(16)21(28)29/h8-9,11-14,16-17H,2-7,10H2,1H3,(H,22,27)(H,23,26)(H,28,29)/t12-,13+,16+,17+/m1/s1. The van der Waals surface area contributed by atoms with Crippen LogP contribution in [0.5, 0.6) is 0 Å². The molecule has 0 aliphatic heterocycles. The predicted molar refractivity (Wildman–Crippen MR) is 106 cm³/mol. The number of nitrogens with one attached hydrogen (secondary N) is 2. The molecular weight excluding hydrogens is 372 g/mol. The lowest BCUT2D eigenvalue weighted by Gasteiger charge is -2.24. The Balaban J connectivity index is 1.51. The van der Waals surface area contributed by atoms with Gasteiger partial charge in [-0.2, -0.15) is 5.10 Å². The number of rotatable bonds is 6. The summed E-state index contributed by atoms with van der Waals surface area (Å²) in [5.41, 5.74) is 0.539. The third-order valence-electron chi connectivity index (χ3n) is 6.55. The molecule has 8 heteroatoms. The van der Waals surface area contributed by atoms with Crippen molar-refractivity contribution in [2.75, 3.05) is 5.32 Å². The summed E-state index contributed by atoms with van der Waals surface area (Å²) >= 11 is 0. The maximum atomic E-state index is 13.0. The Morgan fingerprint density at radius 3 is 2.48 bits per heavy atom. The minimum atomic E-state index is -0.943. The summed E-state index contributed by atoms with van der Waals surface area (Å²) in [4.78, 5) is 37.5. The highest BCUT2D eigenvalue weighted by atomic mass is 16.4. The summed E-state index contributed by atoms with van der Waals surface area (Å²) in [6.07, 6.45) is 11.5. The quantitative estimate of drug-likeness (QED) is 0.635. The second kappa shape index (κ2) is 8.00. The monoisotopic (exact) mass is 400 g/mol. The topological polar surface area (TPSA) is 113 Å². The van der Waals surface area contributed by atoms with E-state index < -0.39 is 17.8 Å². The molecule has 1 heterocycles. The lowest BCUT2D eigenvalue weighted by atomic mass is 9.82. The van der Waals surface area contributed by atoms with Crippen molar-refractivity contribution in [3.8, 4) is 0 Å². The van der Waals surface area contributed by atoms with Crippen molar-refractivity contribution in [3.63, 3.8) is 0 Å². The minimum Gasteiger partial charge on any atom is -0.481 e. The maximum absolute atomic E-state index is 13.0. The van der Waals surface area contributed by atoms with Crippen LogP contribution in [0.4, 0.5) is 5.69 Å². The zero-order valence-electron chi connectivity index (χ0n) is 16.6. The van der Waals surface area contributed by atoms with Crippen LogP contribution < -0.4 is 10.6 Å². The summed E-state index contributed by atoms with van der Waals surface area (Å²) in [7, 11) is 0. The number of carboxylic acids is 1. The zero-order chi connectivity index (χ0) is 20.5. The fourth-order valence-electron chi connectivity index (χ4n) is 5.08. The molecule has 4 atom stereocenters. The van der Waals surface area contributed by atoms with Gasteiger partial charge in [-0.05, 0) is 38.0 Å². The Kier molecular flexibility index (Phi) is 5.43. The van der Waals surface area contributed by atoms with Crippen molar-refractivity contribution in [2.24, 2.45) is 23.7 Å². The summed E-state index contributed by atoms with van der Waals surface area (Å²) < 4.78 is 1.61. The first-order valence-electron chi connectivity index (χ1n) is 10.6. The van der Waals surface area contributed by atoms with Crippen LogP contribution in [0.15, 0.2) is 18.3 Å². The van der Waals surface area contributed by atoms with Crippen LogP contribution in [0.3, 0.4) is 0 Å². The van der Waals surface area contributed by atoms with E-state index in [-0.39, 0.29) is 35.4 Å². The van der Waals surface area contributed by atoms with E-state index >= 15 is 0 Å². The molecule has 2 fully saturated rings. The fraction of sp³-hybridized carbons (Fsp3) is 0.619. The fourth-order valence-corrected chi connectivity index (χ4v) is 5.08. The van der Waals surface area contributed by atoms with Gasteiger partial charge in [0.2, 0.25) is 5.91 Å². The van der Waals surface area contributed by atoms with E-state index in [1.165, 1.54) is 6.42 Å². The van der Waals surface area contributed by atoms with E-state index in [1.54, 1.807) is 10.9 Å². The first-order chi connectivity index (χ1) is 14.0. The van der Waals surface area contributed by atoms with Crippen LogP contribution in [0, 0.1) is 23.7 Å². The van der Waals surface area contributed by atoms with E-state index in [9.17, 15) is 19.5 Å². The molecule has 3 aliphatic rings. The van der Waals surface area contributed by atoms with Crippen LogP contribution in [-0.4, -0.2) is 38.7 Å². The Morgan fingerprint density at radius 2 is 1.83 bits per heavy atom. The van der Waals surface area contributed by atoms with Crippen LogP contribution in [0.2, 0.25) is 0 Å². The van der Waals surface area contributed by atoms with Crippen molar-refractivity contribution in [1.29, 1.82) is 0 Å². The number of aryl methyl sites for hydroxylation is 1. The smallest absolute Gasteiger partial charge is 0.307 e. The molecule has 0 radical (unpaired) electrons. The highest BCUT2D eigenvalue weighted by Crippen LogP contribution is 2.48. The molecule has 2 saturated carbocycles. The molecule has 0 aromatic carbocycles. The molecule has 29 heavy (non-hydrogen) atoms. The van der Waals surface area contributed by atoms with Crippen LogP contribution >= 0.6 is 0 Å². The van der Waals surface area contributed by atoms with Gasteiger partial charge in [-0.3, -0.25) is 19.1 Å². The number of aliphatic carboxylic acids is 1. The molecule has 2 bridgehead atoms. The first kappa shape index (κ1) is 19.7. The van der Waals surface area contributed by atoms with Crippen molar-refractivity contribution < 1.29 is 19.5 Å². The minimum absolute atomic E-state index is 0.0677. The third kappa shape index (κ3) is 3.80. The Hall–Kier alpha value is -2.64. The van der Waals surface area contributed by atoms with Gasteiger partial charge in [-0.15, -0.1) is 0 Å². The van der Waals surface area contributed by atoms with Gasteiger partial charge in [-0.1, -0.05) is 31.4 Å². The zero-order valence-corrected chi connectivity index (χ0v) is 16.6. The average molecular weight is 400 g/mol. The number of hydrogen-bond donors (Lipinski definition) is 3. The second-order valence-corrected chi connectivity index (χ2v) is 8.38. The molecule has 0 unspecified atom stereocenters. The number of carboxylic acid groups (broad SMARTS) is 1. The maximum Gasteiger partial charge on any atom is 0.307 e.